The minimum Gasteiger partial charge on any atom is -0.484 e. The molecule has 0 amide bonds. The van der Waals surface area contributed by atoms with Crippen LogP contribution >= 0.6 is 11.3 Å². The van der Waals surface area contributed by atoms with Crippen molar-refractivity contribution in [1.82, 2.24) is 5.32 Å². The summed E-state index contributed by atoms with van der Waals surface area (Å²) < 4.78 is 44.1. The molecule has 0 aliphatic carbocycles. The highest BCUT2D eigenvalue weighted by Gasteiger charge is 2.15. The van der Waals surface area contributed by atoms with Crippen LogP contribution in [0.3, 0.4) is 0 Å². The molecule has 0 radical (unpaired) electrons. The van der Waals surface area contributed by atoms with Gasteiger partial charge in [-0.1, -0.05) is 42.5 Å². The molecule has 1 heterocycles. The topological polar surface area (TPSA) is 21.3 Å². The van der Waals surface area contributed by atoms with E-state index < -0.39 is 19.6 Å². The van der Waals surface area contributed by atoms with Gasteiger partial charge in [-0.05, 0) is 36.4 Å². The maximum absolute atomic E-state index is 8.06. The first-order chi connectivity index (χ1) is 12.2. The summed E-state index contributed by atoms with van der Waals surface area (Å²) in [6.45, 7) is -4.67. The number of hydrogen-bond donors (Lipinski definition) is 1. The van der Waals surface area contributed by atoms with Gasteiger partial charge < -0.3 is 10.1 Å². The minimum absolute atomic E-state index is 0.130. The molecular weight excluding hydrogens is 278 g/mol. The molecule has 0 saturated carbocycles. The van der Waals surface area contributed by atoms with Gasteiger partial charge in [-0.3, -0.25) is 0 Å². The molecule has 0 bridgehead atoms. The smallest absolute Gasteiger partial charge is 0.134 e. The predicted octanol–water partition coefficient (Wildman–Crippen LogP) is 4.63. The van der Waals surface area contributed by atoms with E-state index in [1.165, 1.54) is 11.3 Å². The molecule has 0 unspecified atom stereocenters. The van der Waals surface area contributed by atoms with Crippen LogP contribution in [0.15, 0.2) is 60.0 Å². The van der Waals surface area contributed by atoms with Gasteiger partial charge in [0.1, 0.15) is 11.9 Å². The second-order valence-corrected chi connectivity index (χ2v) is 5.58. The number of rotatable bonds is 6. The summed E-state index contributed by atoms with van der Waals surface area (Å²) >= 11 is 1.45. The molecule has 3 rings (SSSR count). The van der Waals surface area contributed by atoms with Gasteiger partial charge in [0.15, 0.2) is 0 Å². The third-order valence-electron chi connectivity index (χ3n) is 3.26. The third kappa shape index (κ3) is 3.26. The molecule has 0 fully saturated rings. The van der Waals surface area contributed by atoms with Crippen molar-refractivity contribution in [3.8, 4) is 5.75 Å². The number of benzene rings is 2. The van der Waals surface area contributed by atoms with Crippen LogP contribution in [0.5, 0.6) is 5.75 Å². The van der Waals surface area contributed by atoms with E-state index in [0.29, 0.717) is 5.75 Å². The second-order valence-electron chi connectivity index (χ2n) is 4.61. The van der Waals surface area contributed by atoms with Gasteiger partial charge in [0, 0.05) is 23.5 Å². The molecule has 0 saturated heterocycles. The van der Waals surface area contributed by atoms with E-state index in [2.05, 4.69) is 5.32 Å². The molecule has 2 aromatic carbocycles. The molecule has 21 heavy (non-hydrogen) atoms. The van der Waals surface area contributed by atoms with Crippen molar-refractivity contribution in [3.05, 3.63) is 64.9 Å². The lowest BCUT2D eigenvalue weighted by molar-refractivity contribution is 0.201. The van der Waals surface area contributed by atoms with Crippen LogP contribution in [0.25, 0.3) is 10.8 Å². The fourth-order valence-corrected chi connectivity index (χ4v) is 3.02. The molecule has 0 spiro atoms. The van der Waals surface area contributed by atoms with Crippen LogP contribution in [-0.2, 0) is 0 Å². The third-order valence-corrected chi connectivity index (χ3v) is 4.22. The SMILES string of the molecule is [2H]C([2H])([2H])NC([2H])([2H])C[C@H](Oc1cccc2ccccc12)c1cccs1. The summed E-state index contributed by atoms with van der Waals surface area (Å²) in [7, 11) is 0. The van der Waals surface area contributed by atoms with E-state index in [1.54, 1.807) is 0 Å². The molecule has 1 N–H and O–H groups in total. The average Bonchev–Trinajstić information content (AvgIpc) is 3.06. The Morgan fingerprint density at radius 1 is 1.19 bits per heavy atom. The number of thiophene rings is 1. The minimum atomic E-state index is -2.57. The first-order valence-electron chi connectivity index (χ1n) is 9.21. The van der Waals surface area contributed by atoms with Gasteiger partial charge in [-0.2, -0.15) is 0 Å². The first kappa shape index (κ1) is 9.23. The van der Waals surface area contributed by atoms with Crippen LogP contribution in [0, 0.1) is 0 Å². The van der Waals surface area contributed by atoms with Gasteiger partial charge >= 0.3 is 0 Å². The van der Waals surface area contributed by atoms with Crippen molar-refractivity contribution in [3.63, 3.8) is 0 Å². The number of ether oxygens (including phenoxy) is 1. The molecule has 0 aliphatic rings. The van der Waals surface area contributed by atoms with Gasteiger partial charge in [-0.15, -0.1) is 11.3 Å². The lowest BCUT2D eigenvalue weighted by atomic mass is 10.1. The van der Waals surface area contributed by atoms with Crippen molar-refractivity contribution < 1.29 is 11.6 Å². The Kier molecular flexibility index (Phi) is 2.96. The van der Waals surface area contributed by atoms with Crippen molar-refractivity contribution in [1.29, 1.82) is 0 Å². The summed E-state index contributed by atoms with van der Waals surface area (Å²) in [5.74, 6) is 0.645. The molecule has 1 aromatic heterocycles. The first-order valence-corrected chi connectivity index (χ1v) is 7.59. The molecule has 3 aromatic rings. The molecule has 1 atom stereocenters. The average molecular weight is 302 g/mol. The van der Waals surface area contributed by atoms with E-state index in [1.807, 2.05) is 60.0 Å². The quantitative estimate of drug-likeness (QED) is 0.716. The molecule has 0 aliphatic heterocycles. The number of fused-ring (bicyclic) bond motifs is 1. The Morgan fingerprint density at radius 3 is 2.95 bits per heavy atom. The Balaban J connectivity index is 1.90. The normalized spacial score (nSPS) is 17.2. The van der Waals surface area contributed by atoms with E-state index in [9.17, 15) is 0 Å². The van der Waals surface area contributed by atoms with Gasteiger partial charge in [0.2, 0.25) is 0 Å². The molecule has 3 heteroatoms. The van der Waals surface area contributed by atoms with E-state index in [0.717, 1.165) is 15.6 Å². The van der Waals surface area contributed by atoms with Gasteiger partial charge in [-0.25, -0.2) is 0 Å². The summed E-state index contributed by atoms with van der Waals surface area (Å²) in [6.07, 6.45) is -0.736. The van der Waals surface area contributed by atoms with Gasteiger partial charge in [0.25, 0.3) is 0 Å². The summed E-state index contributed by atoms with van der Waals surface area (Å²) in [5.41, 5.74) is 0. The lowest BCUT2D eigenvalue weighted by Crippen LogP contribution is -2.15. The molecular formula is C18H19NOS. The largest absolute Gasteiger partial charge is 0.484 e. The summed E-state index contributed by atoms with van der Waals surface area (Å²) in [6, 6.07) is 17.2. The fourth-order valence-electron chi connectivity index (χ4n) is 2.27. The highest BCUT2D eigenvalue weighted by atomic mass is 32.1. The Bertz CT molecular complexity index is 858. The van der Waals surface area contributed by atoms with Crippen molar-refractivity contribution in [2.75, 3.05) is 13.5 Å². The maximum Gasteiger partial charge on any atom is 0.134 e. The predicted molar refractivity (Wildman–Crippen MR) is 90.2 cm³/mol. The monoisotopic (exact) mass is 302 g/mol. The summed E-state index contributed by atoms with van der Waals surface area (Å²) in [4.78, 5) is 0.842. The van der Waals surface area contributed by atoms with Crippen molar-refractivity contribution >= 4 is 22.1 Å². The lowest BCUT2D eigenvalue weighted by Gasteiger charge is -2.19. The summed E-state index contributed by atoms with van der Waals surface area (Å²) in [5, 5.41) is 5.92. The van der Waals surface area contributed by atoms with Gasteiger partial charge in [0.05, 0.1) is 0 Å². The zero-order valence-corrected chi connectivity index (χ0v) is 12.2. The van der Waals surface area contributed by atoms with Crippen molar-refractivity contribution in [2.45, 2.75) is 12.5 Å². The van der Waals surface area contributed by atoms with Crippen LogP contribution in [0.4, 0.5) is 0 Å². The second kappa shape index (κ2) is 6.74. The Labute approximate surface area is 136 Å². The van der Waals surface area contributed by atoms with Crippen LogP contribution in [0.1, 0.15) is 24.3 Å². The highest BCUT2D eigenvalue weighted by Crippen LogP contribution is 2.32. The van der Waals surface area contributed by atoms with Crippen LogP contribution < -0.4 is 10.1 Å². The van der Waals surface area contributed by atoms with Crippen molar-refractivity contribution in [2.24, 2.45) is 0 Å². The zero-order valence-electron chi connectivity index (χ0n) is 16.4. The van der Waals surface area contributed by atoms with Crippen LogP contribution in [-0.4, -0.2) is 13.5 Å². The Morgan fingerprint density at radius 2 is 2.10 bits per heavy atom. The number of nitrogens with one attached hydrogen (secondary N) is 1. The van der Waals surface area contributed by atoms with E-state index in [4.69, 9.17) is 11.6 Å². The van der Waals surface area contributed by atoms with Crippen LogP contribution in [0.2, 0.25) is 0 Å². The highest BCUT2D eigenvalue weighted by molar-refractivity contribution is 7.10. The number of hydrogen-bond acceptors (Lipinski definition) is 3. The van der Waals surface area contributed by atoms with E-state index in [-0.39, 0.29) is 6.42 Å². The Hall–Kier alpha value is -1.84. The molecule has 108 valence electrons. The standard InChI is InChI=1S/C18H19NOS/c1-19-12-11-17(18-10-5-13-21-18)20-16-9-4-7-14-6-2-3-8-15(14)16/h2-10,13,17,19H,11-12H2,1H3/t17-/m0/s1/i1D3,12D2. The van der Waals surface area contributed by atoms with E-state index >= 15 is 0 Å². The fraction of sp³-hybridized carbons (Fsp3) is 0.222. The zero-order chi connectivity index (χ0) is 18.8. The molecule has 2 nitrogen and oxygen atoms in total. The maximum atomic E-state index is 8.06.